The summed E-state index contributed by atoms with van der Waals surface area (Å²) in [5.74, 6) is 0.928. The van der Waals surface area contributed by atoms with E-state index in [2.05, 4.69) is 32.6 Å². The van der Waals surface area contributed by atoms with Crippen molar-refractivity contribution < 1.29 is 0 Å². The van der Waals surface area contributed by atoms with E-state index in [9.17, 15) is 0 Å². The van der Waals surface area contributed by atoms with Crippen LogP contribution in [0.15, 0.2) is 0 Å². The second-order valence-electron chi connectivity index (χ2n) is 6.84. The maximum Gasteiger partial charge on any atom is 0.00694 e. The summed E-state index contributed by atoms with van der Waals surface area (Å²) < 4.78 is 0. The Labute approximate surface area is 108 Å². The highest BCUT2D eigenvalue weighted by molar-refractivity contribution is 4.77. The number of unbranched alkanes of at least 4 members (excludes halogenated alkanes) is 1. The molecule has 2 N–H and O–H groups in total. The van der Waals surface area contributed by atoms with Crippen molar-refractivity contribution in [3.05, 3.63) is 0 Å². The molecule has 1 fully saturated rings. The minimum Gasteiger partial charge on any atom is -0.330 e. The van der Waals surface area contributed by atoms with Gasteiger partial charge in [0.15, 0.2) is 0 Å². The second-order valence-corrected chi connectivity index (χ2v) is 6.84. The lowest BCUT2D eigenvalue weighted by Crippen LogP contribution is -2.40. The number of rotatable bonds is 6. The Bertz CT molecular complexity index is 213. The maximum atomic E-state index is 5.76. The zero-order chi connectivity index (χ0) is 12.9. The van der Waals surface area contributed by atoms with Crippen molar-refractivity contribution in [2.24, 2.45) is 17.1 Å². The van der Waals surface area contributed by atoms with E-state index in [0.717, 1.165) is 18.5 Å². The summed E-state index contributed by atoms with van der Waals surface area (Å²) in [6.45, 7) is 12.7. The second kappa shape index (κ2) is 6.75. The molecular formula is C15H32N2. The van der Waals surface area contributed by atoms with Crippen LogP contribution in [0.5, 0.6) is 0 Å². The molecule has 2 heteroatoms. The normalized spacial score (nSPS) is 27.4. The summed E-state index contributed by atoms with van der Waals surface area (Å²) in [6.07, 6.45) is 6.69. The van der Waals surface area contributed by atoms with Crippen molar-refractivity contribution in [2.45, 2.75) is 65.8 Å². The molecule has 17 heavy (non-hydrogen) atoms. The van der Waals surface area contributed by atoms with Crippen molar-refractivity contribution in [3.8, 4) is 0 Å². The fraction of sp³-hybridized carbons (Fsp3) is 1.00. The van der Waals surface area contributed by atoms with Crippen molar-refractivity contribution in [1.82, 2.24) is 4.90 Å². The highest BCUT2D eigenvalue weighted by Gasteiger charge is 2.22. The lowest BCUT2D eigenvalue weighted by atomic mass is 9.87. The molecule has 0 saturated carbocycles. The first-order valence-electron chi connectivity index (χ1n) is 7.39. The molecule has 0 aromatic carbocycles. The average Bonchev–Trinajstić information content (AvgIpc) is 2.27. The molecule has 1 aliphatic rings. The van der Waals surface area contributed by atoms with E-state index in [1.165, 1.54) is 45.2 Å². The summed E-state index contributed by atoms with van der Waals surface area (Å²) in [7, 11) is 0. The van der Waals surface area contributed by atoms with Crippen molar-refractivity contribution in [3.63, 3.8) is 0 Å². The van der Waals surface area contributed by atoms with E-state index in [-0.39, 0.29) is 0 Å². The summed E-state index contributed by atoms with van der Waals surface area (Å²) >= 11 is 0. The zero-order valence-electron chi connectivity index (χ0n) is 12.3. The highest BCUT2D eigenvalue weighted by atomic mass is 15.2. The molecule has 0 aromatic rings. The lowest BCUT2D eigenvalue weighted by Gasteiger charge is -2.36. The minimum absolute atomic E-state index is 0.335. The molecule has 102 valence electrons. The lowest BCUT2D eigenvalue weighted by molar-refractivity contribution is 0.126. The number of likely N-dealkylation sites (tertiary alicyclic amines) is 1. The SMILES string of the molecule is CC1CCN(CCCCC(C)(C)CN)C(C)C1. The molecule has 1 saturated heterocycles. The molecule has 0 bridgehead atoms. The van der Waals surface area contributed by atoms with Gasteiger partial charge in [-0.25, -0.2) is 0 Å². The molecule has 0 amide bonds. The summed E-state index contributed by atoms with van der Waals surface area (Å²) in [5.41, 5.74) is 6.09. The fourth-order valence-electron chi connectivity index (χ4n) is 2.81. The Morgan fingerprint density at radius 2 is 1.94 bits per heavy atom. The van der Waals surface area contributed by atoms with Gasteiger partial charge in [0.05, 0.1) is 0 Å². The quantitative estimate of drug-likeness (QED) is 0.722. The van der Waals surface area contributed by atoms with Gasteiger partial charge in [-0.2, -0.15) is 0 Å². The number of nitrogens with two attached hydrogens (primary N) is 1. The largest absolute Gasteiger partial charge is 0.330 e. The molecule has 1 heterocycles. The third-order valence-electron chi connectivity index (χ3n) is 4.38. The van der Waals surface area contributed by atoms with Crippen molar-refractivity contribution in [1.29, 1.82) is 0 Å². The maximum absolute atomic E-state index is 5.76. The van der Waals surface area contributed by atoms with E-state index in [1.807, 2.05) is 0 Å². The first kappa shape index (κ1) is 15.0. The Morgan fingerprint density at radius 1 is 1.24 bits per heavy atom. The van der Waals surface area contributed by atoms with E-state index in [4.69, 9.17) is 5.73 Å². The van der Waals surface area contributed by atoms with Crippen LogP contribution in [0.4, 0.5) is 0 Å². The number of hydrogen-bond acceptors (Lipinski definition) is 2. The van der Waals surface area contributed by atoms with Crippen LogP contribution in [-0.2, 0) is 0 Å². The molecule has 0 aliphatic carbocycles. The van der Waals surface area contributed by atoms with Crippen LogP contribution in [0.25, 0.3) is 0 Å². The predicted octanol–water partition coefficient (Wildman–Crippen LogP) is 3.26. The van der Waals surface area contributed by atoms with Crippen LogP contribution in [-0.4, -0.2) is 30.6 Å². The van der Waals surface area contributed by atoms with E-state index >= 15 is 0 Å². The van der Waals surface area contributed by atoms with Crippen LogP contribution in [0.2, 0.25) is 0 Å². The van der Waals surface area contributed by atoms with Crippen LogP contribution >= 0.6 is 0 Å². The first-order chi connectivity index (χ1) is 7.94. The average molecular weight is 240 g/mol. The molecule has 0 aromatic heterocycles. The molecule has 0 radical (unpaired) electrons. The van der Waals surface area contributed by atoms with Gasteiger partial charge in [-0.05, 0) is 63.6 Å². The van der Waals surface area contributed by atoms with Crippen LogP contribution in [0.1, 0.15) is 59.8 Å². The molecule has 2 atom stereocenters. The molecule has 0 spiro atoms. The van der Waals surface area contributed by atoms with Gasteiger partial charge in [-0.15, -0.1) is 0 Å². The standard InChI is InChI=1S/C15H32N2/c1-13-7-10-17(14(2)11-13)9-6-5-8-15(3,4)12-16/h13-14H,5-12,16H2,1-4H3. The Morgan fingerprint density at radius 3 is 2.53 bits per heavy atom. The Balaban J connectivity index is 2.14. The third-order valence-corrected chi connectivity index (χ3v) is 4.38. The van der Waals surface area contributed by atoms with Gasteiger partial charge in [0.2, 0.25) is 0 Å². The fourth-order valence-corrected chi connectivity index (χ4v) is 2.81. The van der Waals surface area contributed by atoms with E-state index < -0.39 is 0 Å². The minimum atomic E-state index is 0.335. The third kappa shape index (κ3) is 5.39. The monoisotopic (exact) mass is 240 g/mol. The number of nitrogens with zero attached hydrogens (tertiary/aromatic N) is 1. The Kier molecular flexibility index (Phi) is 5.94. The van der Waals surface area contributed by atoms with Crippen LogP contribution < -0.4 is 5.73 Å². The van der Waals surface area contributed by atoms with Crippen LogP contribution in [0, 0.1) is 11.3 Å². The van der Waals surface area contributed by atoms with Crippen molar-refractivity contribution in [2.75, 3.05) is 19.6 Å². The number of hydrogen-bond donors (Lipinski definition) is 1. The number of piperidine rings is 1. The van der Waals surface area contributed by atoms with Gasteiger partial charge in [0, 0.05) is 6.04 Å². The molecule has 2 nitrogen and oxygen atoms in total. The molecule has 1 rings (SSSR count). The summed E-state index contributed by atoms with van der Waals surface area (Å²) in [4.78, 5) is 2.68. The Hall–Kier alpha value is -0.0800. The molecule has 2 unspecified atom stereocenters. The summed E-state index contributed by atoms with van der Waals surface area (Å²) in [6, 6.07) is 0.793. The van der Waals surface area contributed by atoms with Gasteiger partial charge >= 0.3 is 0 Å². The van der Waals surface area contributed by atoms with Gasteiger partial charge in [0.25, 0.3) is 0 Å². The van der Waals surface area contributed by atoms with E-state index in [0.29, 0.717) is 5.41 Å². The topological polar surface area (TPSA) is 29.3 Å². The van der Waals surface area contributed by atoms with Gasteiger partial charge < -0.3 is 10.6 Å². The van der Waals surface area contributed by atoms with Crippen LogP contribution in [0.3, 0.4) is 0 Å². The van der Waals surface area contributed by atoms with Crippen molar-refractivity contribution >= 4 is 0 Å². The molecular weight excluding hydrogens is 208 g/mol. The van der Waals surface area contributed by atoms with Gasteiger partial charge in [0.1, 0.15) is 0 Å². The zero-order valence-corrected chi connectivity index (χ0v) is 12.3. The van der Waals surface area contributed by atoms with E-state index in [1.54, 1.807) is 0 Å². The summed E-state index contributed by atoms with van der Waals surface area (Å²) in [5, 5.41) is 0. The van der Waals surface area contributed by atoms with Gasteiger partial charge in [-0.3, -0.25) is 0 Å². The first-order valence-corrected chi connectivity index (χ1v) is 7.39. The predicted molar refractivity (Wildman–Crippen MR) is 76.1 cm³/mol. The molecule has 1 aliphatic heterocycles. The highest BCUT2D eigenvalue weighted by Crippen LogP contribution is 2.24. The smallest absolute Gasteiger partial charge is 0.00694 e. The van der Waals surface area contributed by atoms with Gasteiger partial charge in [-0.1, -0.05) is 27.2 Å².